The molecule has 0 aliphatic carbocycles. The fourth-order valence-corrected chi connectivity index (χ4v) is 3.94. The predicted octanol–water partition coefficient (Wildman–Crippen LogP) is 3.68. The van der Waals surface area contributed by atoms with Gasteiger partial charge in [0.15, 0.2) is 4.34 Å². The quantitative estimate of drug-likeness (QED) is 0.600. The third-order valence-electron chi connectivity index (χ3n) is 3.09. The summed E-state index contributed by atoms with van der Waals surface area (Å²) < 4.78 is 5.67. The van der Waals surface area contributed by atoms with Gasteiger partial charge < -0.3 is 10.1 Å². The molecule has 24 heavy (non-hydrogen) atoms. The highest BCUT2D eigenvalue weighted by Gasteiger charge is 2.17. The lowest BCUT2D eigenvalue weighted by Gasteiger charge is -2.10. The zero-order valence-corrected chi connectivity index (χ0v) is 15.5. The number of amides is 1. The van der Waals surface area contributed by atoms with Crippen LogP contribution in [0.2, 0.25) is 0 Å². The van der Waals surface area contributed by atoms with Crippen molar-refractivity contribution in [1.29, 1.82) is 0 Å². The molecular formula is C17H20N2O3S2. The van der Waals surface area contributed by atoms with Gasteiger partial charge in [0.25, 0.3) is 0 Å². The van der Waals surface area contributed by atoms with Crippen LogP contribution in [0.3, 0.4) is 0 Å². The molecule has 1 amide bonds. The number of aromatic nitrogens is 1. The van der Waals surface area contributed by atoms with Crippen molar-refractivity contribution in [2.24, 2.45) is 0 Å². The summed E-state index contributed by atoms with van der Waals surface area (Å²) in [5.41, 5.74) is 2.55. The summed E-state index contributed by atoms with van der Waals surface area (Å²) in [6.07, 6.45) is 0.161. The molecule has 1 aromatic carbocycles. The lowest BCUT2D eigenvalue weighted by atomic mass is 10.2. The standard InChI is InChI=1S/C17H20N2O3S2/c1-4-22-15(20)9-14-10-23-17(19-14)24-12(3)16(21)18-13-7-5-6-11(2)8-13/h5-8,10,12H,4,9H2,1-3H3,(H,18,21)/t12-/m0/s1. The van der Waals surface area contributed by atoms with Crippen molar-refractivity contribution < 1.29 is 14.3 Å². The molecule has 1 atom stereocenters. The fourth-order valence-electron chi connectivity index (χ4n) is 1.96. The number of rotatable bonds is 7. The van der Waals surface area contributed by atoms with Gasteiger partial charge in [0.2, 0.25) is 5.91 Å². The SMILES string of the molecule is CCOC(=O)Cc1csc(S[C@@H](C)C(=O)Nc2cccc(C)c2)n1. The Morgan fingerprint density at radius 1 is 1.42 bits per heavy atom. The first-order chi connectivity index (χ1) is 11.5. The third kappa shape index (κ3) is 5.65. The van der Waals surface area contributed by atoms with E-state index in [0.717, 1.165) is 15.6 Å². The Balaban J connectivity index is 1.89. The molecule has 5 nitrogen and oxygen atoms in total. The largest absolute Gasteiger partial charge is 0.466 e. The van der Waals surface area contributed by atoms with E-state index in [2.05, 4.69) is 10.3 Å². The number of carbonyl (C=O) groups excluding carboxylic acids is 2. The highest BCUT2D eigenvalue weighted by atomic mass is 32.2. The third-order valence-corrected chi connectivity index (χ3v) is 5.21. The van der Waals surface area contributed by atoms with Crippen LogP contribution in [0.25, 0.3) is 0 Å². The van der Waals surface area contributed by atoms with Crippen LogP contribution < -0.4 is 5.32 Å². The molecule has 0 aliphatic heterocycles. The zero-order chi connectivity index (χ0) is 17.5. The van der Waals surface area contributed by atoms with Crippen LogP contribution in [0.15, 0.2) is 34.0 Å². The van der Waals surface area contributed by atoms with Gasteiger partial charge in [-0.2, -0.15) is 0 Å². The van der Waals surface area contributed by atoms with Gasteiger partial charge in [0.05, 0.1) is 24.0 Å². The van der Waals surface area contributed by atoms with Crippen molar-refractivity contribution in [2.45, 2.75) is 36.8 Å². The molecule has 0 unspecified atom stereocenters. The van der Waals surface area contributed by atoms with E-state index in [1.807, 2.05) is 43.5 Å². The van der Waals surface area contributed by atoms with E-state index in [0.29, 0.717) is 12.3 Å². The van der Waals surface area contributed by atoms with E-state index < -0.39 is 0 Å². The van der Waals surface area contributed by atoms with Crippen LogP contribution in [0.1, 0.15) is 25.1 Å². The van der Waals surface area contributed by atoms with Crippen molar-refractivity contribution in [3.8, 4) is 0 Å². The Kier molecular flexibility index (Phi) is 6.81. The summed E-state index contributed by atoms with van der Waals surface area (Å²) in [5, 5.41) is 4.44. The maximum atomic E-state index is 12.3. The summed E-state index contributed by atoms with van der Waals surface area (Å²) >= 11 is 2.81. The Morgan fingerprint density at radius 3 is 2.92 bits per heavy atom. The van der Waals surface area contributed by atoms with Gasteiger partial charge in [0.1, 0.15) is 0 Å². The Bertz CT molecular complexity index is 715. The first-order valence-corrected chi connectivity index (χ1v) is 9.38. The van der Waals surface area contributed by atoms with Gasteiger partial charge in [-0.3, -0.25) is 9.59 Å². The first kappa shape index (κ1) is 18.5. The second-order valence-corrected chi connectivity index (χ2v) is 7.65. The van der Waals surface area contributed by atoms with E-state index in [1.54, 1.807) is 6.92 Å². The number of carbonyl (C=O) groups is 2. The maximum Gasteiger partial charge on any atom is 0.311 e. The minimum Gasteiger partial charge on any atom is -0.466 e. The molecule has 1 heterocycles. The van der Waals surface area contributed by atoms with Gasteiger partial charge in [-0.05, 0) is 38.5 Å². The number of aryl methyl sites for hydroxylation is 1. The smallest absolute Gasteiger partial charge is 0.311 e. The van der Waals surface area contributed by atoms with Gasteiger partial charge >= 0.3 is 5.97 Å². The minimum absolute atomic E-state index is 0.0762. The number of ether oxygens (including phenoxy) is 1. The highest BCUT2D eigenvalue weighted by Crippen LogP contribution is 2.27. The molecule has 0 radical (unpaired) electrons. The summed E-state index contributed by atoms with van der Waals surface area (Å²) in [5.74, 6) is -0.364. The fraction of sp³-hybridized carbons (Fsp3) is 0.353. The lowest BCUT2D eigenvalue weighted by molar-refractivity contribution is -0.142. The van der Waals surface area contributed by atoms with E-state index in [-0.39, 0.29) is 23.5 Å². The van der Waals surface area contributed by atoms with Gasteiger partial charge in [0, 0.05) is 11.1 Å². The summed E-state index contributed by atoms with van der Waals surface area (Å²) in [7, 11) is 0. The van der Waals surface area contributed by atoms with Crippen molar-refractivity contribution in [3.63, 3.8) is 0 Å². The zero-order valence-electron chi connectivity index (χ0n) is 13.9. The van der Waals surface area contributed by atoms with E-state index in [9.17, 15) is 9.59 Å². The number of esters is 1. The second kappa shape index (κ2) is 8.84. The summed E-state index contributed by atoms with van der Waals surface area (Å²) in [6.45, 7) is 5.95. The number of benzene rings is 1. The number of anilines is 1. The highest BCUT2D eigenvalue weighted by molar-refractivity contribution is 8.02. The molecule has 2 aromatic rings. The number of nitrogens with zero attached hydrogens (tertiary/aromatic N) is 1. The van der Waals surface area contributed by atoms with Crippen LogP contribution in [-0.2, 0) is 20.7 Å². The first-order valence-electron chi connectivity index (χ1n) is 7.62. The lowest BCUT2D eigenvalue weighted by Crippen LogP contribution is -2.22. The van der Waals surface area contributed by atoms with Crippen LogP contribution in [0, 0.1) is 6.92 Å². The Labute approximate surface area is 149 Å². The van der Waals surface area contributed by atoms with Crippen molar-refractivity contribution in [2.75, 3.05) is 11.9 Å². The molecule has 1 N–H and O–H groups in total. The van der Waals surface area contributed by atoms with Crippen molar-refractivity contribution in [1.82, 2.24) is 4.98 Å². The molecule has 0 saturated heterocycles. The average Bonchev–Trinajstić information content (AvgIpc) is 2.94. The Hall–Kier alpha value is -1.86. The normalized spacial score (nSPS) is 11.8. The second-order valence-electron chi connectivity index (χ2n) is 5.21. The maximum absolute atomic E-state index is 12.3. The predicted molar refractivity (Wildman–Crippen MR) is 97.6 cm³/mol. The molecule has 7 heteroatoms. The summed E-state index contributed by atoms with van der Waals surface area (Å²) in [4.78, 5) is 28.1. The van der Waals surface area contributed by atoms with Gasteiger partial charge in [-0.15, -0.1) is 11.3 Å². The minimum atomic E-state index is -0.287. The monoisotopic (exact) mass is 364 g/mol. The van der Waals surface area contributed by atoms with E-state index in [4.69, 9.17) is 4.74 Å². The van der Waals surface area contributed by atoms with E-state index in [1.165, 1.54) is 23.1 Å². The molecule has 0 spiro atoms. The molecular weight excluding hydrogens is 344 g/mol. The van der Waals surface area contributed by atoms with Gasteiger partial charge in [-0.25, -0.2) is 4.98 Å². The molecule has 1 aromatic heterocycles. The Morgan fingerprint density at radius 2 is 2.21 bits per heavy atom. The van der Waals surface area contributed by atoms with Crippen molar-refractivity contribution in [3.05, 3.63) is 40.9 Å². The topological polar surface area (TPSA) is 68.3 Å². The van der Waals surface area contributed by atoms with Crippen LogP contribution >= 0.6 is 23.1 Å². The number of thiazole rings is 1. The molecule has 128 valence electrons. The number of nitrogens with one attached hydrogen (secondary N) is 1. The van der Waals surface area contributed by atoms with Crippen LogP contribution in [0.5, 0.6) is 0 Å². The molecule has 2 rings (SSSR count). The number of hydrogen-bond donors (Lipinski definition) is 1. The molecule has 0 saturated carbocycles. The van der Waals surface area contributed by atoms with Crippen LogP contribution in [0.4, 0.5) is 5.69 Å². The number of hydrogen-bond acceptors (Lipinski definition) is 6. The summed E-state index contributed by atoms with van der Waals surface area (Å²) in [6, 6.07) is 7.68. The van der Waals surface area contributed by atoms with Crippen molar-refractivity contribution >= 4 is 40.7 Å². The average molecular weight is 364 g/mol. The molecule has 0 aliphatic rings. The molecule has 0 bridgehead atoms. The van der Waals surface area contributed by atoms with Gasteiger partial charge in [-0.1, -0.05) is 23.9 Å². The number of thioether (sulfide) groups is 1. The van der Waals surface area contributed by atoms with Crippen LogP contribution in [-0.4, -0.2) is 28.7 Å². The van der Waals surface area contributed by atoms with E-state index >= 15 is 0 Å². The molecule has 0 fully saturated rings.